The number of nitrogens with zero attached hydrogens (tertiary/aromatic N) is 3. The highest BCUT2D eigenvalue weighted by atomic mass is 15.2. The molecule has 10 aliphatic rings. The van der Waals surface area contributed by atoms with Crippen molar-refractivity contribution in [3.8, 4) is 89.4 Å². The van der Waals surface area contributed by atoms with Gasteiger partial charge in [0, 0.05) is 65.6 Å². The topological polar surface area (TPSA) is 11.6 Å². The lowest BCUT2D eigenvalue weighted by molar-refractivity contribution is -0.740. The summed E-state index contributed by atoms with van der Waals surface area (Å²) in [6, 6.07) is 90.3. The summed E-state index contributed by atoms with van der Waals surface area (Å²) in [6.45, 7) is 0. The van der Waals surface area contributed by atoms with Crippen LogP contribution in [-0.4, -0.2) is 0 Å². The quantitative estimate of drug-likeness (QED) is 0.153. The van der Waals surface area contributed by atoms with Gasteiger partial charge in [0.25, 0.3) is 0 Å². The van der Waals surface area contributed by atoms with Crippen molar-refractivity contribution in [3.05, 3.63) is 301 Å². The summed E-state index contributed by atoms with van der Waals surface area (Å²) in [4.78, 5) is 0. The first kappa shape index (κ1) is 41.5. The van der Waals surface area contributed by atoms with E-state index in [4.69, 9.17) is 0 Å². The molecule has 0 N–H and O–H groups in total. The molecule has 3 nitrogen and oxygen atoms in total. The van der Waals surface area contributed by atoms with E-state index in [0.29, 0.717) is 0 Å². The van der Waals surface area contributed by atoms with Gasteiger partial charge in [-0.2, -0.15) is 13.7 Å². The second kappa shape index (κ2) is 13.5. The predicted molar refractivity (Wildman–Crippen MR) is 315 cm³/mol. The highest BCUT2D eigenvalue weighted by molar-refractivity contribution is 6.04. The van der Waals surface area contributed by atoms with Crippen LogP contribution in [-0.2, 0) is 27.4 Å². The molecule has 7 atom stereocenters. The third kappa shape index (κ3) is 4.29. The summed E-state index contributed by atoms with van der Waals surface area (Å²) >= 11 is 0. The van der Waals surface area contributed by atoms with Gasteiger partial charge in [-0.3, -0.25) is 0 Å². The summed E-state index contributed by atoms with van der Waals surface area (Å²) in [5.74, 6) is 0.0197. The largest absolute Gasteiger partial charge is 0.220 e. The zero-order valence-corrected chi connectivity index (χ0v) is 43.6. The molecular weight excluding hydrogens is 967 g/mol. The minimum Gasteiger partial charge on any atom is -0.187 e. The Bertz CT molecular complexity index is 4900. The van der Waals surface area contributed by atoms with Crippen LogP contribution in [0.2, 0.25) is 0 Å². The Morgan fingerprint density at radius 3 is 1.59 bits per heavy atom. The van der Waals surface area contributed by atoms with Crippen LogP contribution in [0.15, 0.2) is 267 Å². The van der Waals surface area contributed by atoms with Crippen molar-refractivity contribution >= 4 is 16.7 Å². The summed E-state index contributed by atoms with van der Waals surface area (Å²) in [6.07, 6.45) is 17.1. The lowest BCUT2D eigenvalue weighted by Crippen LogP contribution is -2.65. The number of allylic oxidation sites excluding steroid dienone is 6. The molecule has 368 valence electrons. The molecule has 14 bridgehead atoms. The first-order chi connectivity index (χ1) is 39.6. The highest BCUT2D eigenvalue weighted by Gasteiger charge is 2.95. The van der Waals surface area contributed by atoms with E-state index in [1.54, 1.807) is 0 Å². The molecule has 8 aromatic carbocycles. The number of fused-ring (bicyclic) bond motifs is 18. The minimum absolute atomic E-state index is 0.0466. The van der Waals surface area contributed by atoms with Gasteiger partial charge in [-0.05, 0) is 144 Å². The van der Waals surface area contributed by atoms with Crippen LogP contribution >= 0.6 is 0 Å². The van der Waals surface area contributed by atoms with Crippen molar-refractivity contribution in [2.75, 3.05) is 0 Å². The van der Waals surface area contributed by atoms with Crippen LogP contribution in [0.3, 0.4) is 0 Å². The van der Waals surface area contributed by atoms with E-state index in [-0.39, 0.29) is 11.8 Å². The lowest BCUT2D eigenvalue weighted by atomic mass is 9.58. The number of hydrogen-bond acceptors (Lipinski definition) is 0. The van der Waals surface area contributed by atoms with E-state index >= 15 is 0 Å². The van der Waals surface area contributed by atoms with E-state index in [1.807, 2.05) is 0 Å². The van der Waals surface area contributed by atoms with Gasteiger partial charge >= 0.3 is 0 Å². The van der Waals surface area contributed by atoms with Gasteiger partial charge in [-0.25, -0.2) is 0 Å². The molecular formula is C77H48N3+3. The Kier molecular flexibility index (Phi) is 6.98. The normalized spacial score (nSPS) is 28.0. The lowest BCUT2D eigenvalue weighted by Gasteiger charge is -2.45. The molecule has 3 spiro atoms. The van der Waals surface area contributed by atoms with Gasteiger partial charge in [0.2, 0.25) is 33.7 Å². The summed E-state index contributed by atoms with van der Waals surface area (Å²) in [5.41, 5.74) is 30.3. The second-order valence-electron chi connectivity index (χ2n) is 24.6. The summed E-state index contributed by atoms with van der Waals surface area (Å²) < 4.78 is 8.39. The van der Waals surface area contributed by atoms with Gasteiger partial charge in [-0.1, -0.05) is 152 Å². The van der Waals surface area contributed by atoms with E-state index in [0.717, 1.165) is 6.42 Å². The Morgan fingerprint density at radius 1 is 0.325 bits per heavy atom. The molecule has 3 aromatic heterocycles. The fraction of sp³-hybridized carbons (Fsp3) is 0.104. The van der Waals surface area contributed by atoms with E-state index < -0.39 is 27.4 Å². The number of hydrogen-bond donors (Lipinski definition) is 0. The van der Waals surface area contributed by atoms with E-state index in [9.17, 15) is 0 Å². The molecule has 0 radical (unpaired) electrons. The van der Waals surface area contributed by atoms with E-state index in [2.05, 4.69) is 281 Å². The molecule has 6 heterocycles. The maximum atomic E-state index is 2.92. The Labute approximate surface area is 463 Å². The number of benzene rings is 8. The Hall–Kier alpha value is -9.57. The standard InChI is InChI=1S/C77H48N3/c1-2-16-46(17-3-1)47-27-29-48(30-28-47)59-40-61-62-41-60(59)53-20-6-9-23-56(53)66-44-75(78-35-13-10-26-70(61)78)65-43-74-64-39-50(51-18-4-7-21-54(51)65)32-34-58(64)69-25-12-15-37-80(69)77(74,72(74)71(62)75)67-42-73-45-76(66,73)79-36-14-11-24-68(79)57-33-31-49(38-63(57)73)52-19-5-8-22-55(52)67/h1-44,71-72H,45H2/q+3/b66-44-,67-42-. The third-order valence-electron chi connectivity index (χ3n) is 21.8. The zero-order chi connectivity index (χ0) is 51.6. The zero-order valence-electron chi connectivity index (χ0n) is 43.6. The van der Waals surface area contributed by atoms with Crippen molar-refractivity contribution < 1.29 is 13.7 Å². The molecule has 0 saturated heterocycles. The van der Waals surface area contributed by atoms with Crippen molar-refractivity contribution in [2.45, 2.75) is 39.8 Å². The van der Waals surface area contributed by atoms with E-state index in [1.165, 1.54) is 140 Å². The van der Waals surface area contributed by atoms with Crippen LogP contribution in [0.5, 0.6) is 0 Å². The number of aromatic nitrogens is 3. The van der Waals surface area contributed by atoms with Gasteiger partial charge in [0.05, 0.1) is 39.4 Å². The van der Waals surface area contributed by atoms with Crippen LogP contribution in [0.4, 0.5) is 0 Å². The summed E-state index contributed by atoms with van der Waals surface area (Å²) in [5, 5.41) is 0. The van der Waals surface area contributed by atoms with Crippen LogP contribution in [0.1, 0.15) is 45.7 Å². The summed E-state index contributed by atoms with van der Waals surface area (Å²) in [7, 11) is 0. The highest BCUT2D eigenvalue weighted by Crippen LogP contribution is 2.86. The van der Waals surface area contributed by atoms with Crippen LogP contribution in [0.25, 0.3) is 106 Å². The molecule has 3 aliphatic heterocycles. The molecule has 2 fully saturated rings. The monoisotopic (exact) mass is 1010 g/mol. The van der Waals surface area contributed by atoms with Crippen LogP contribution < -0.4 is 13.7 Å². The van der Waals surface area contributed by atoms with Gasteiger partial charge in [-0.15, -0.1) is 0 Å². The minimum atomic E-state index is -0.720. The maximum absolute atomic E-state index is 2.92. The SMILES string of the molecule is C1=C2c3ccccc3-c3ccc4c(c3)C13C1C5c6cc7c(-c8ccc(-c9ccccc9)cc8)cc6-c6cccc[n+]6C25/C=C(/c2ccccc2-7)C25CC26/C=C(/c2ccccc2-c2ccc(c6c2)-c2cccc[n+]25)C13[n+]1ccccc1-4. The van der Waals surface area contributed by atoms with Gasteiger partial charge in [0.15, 0.2) is 18.6 Å². The number of pyridine rings is 3. The maximum Gasteiger partial charge on any atom is 0.220 e. The Balaban J connectivity index is 1.02. The average Bonchev–Trinajstić information content (AvgIpc) is 2.64. The third-order valence-corrected chi connectivity index (χ3v) is 21.8. The molecule has 11 aromatic rings. The molecule has 3 heteroatoms. The first-order valence-electron chi connectivity index (χ1n) is 28.8. The molecule has 2 saturated carbocycles. The second-order valence-corrected chi connectivity index (χ2v) is 24.6. The first-order valence-corrected chi connectivity index (χ1v) is 28.8. The van der Waals surface area contributed by atoms with Gasteiger partial charge < -0.3 is 0 Å². The fourth-order valence-corrected chi connectivity index (χ4v) is 19.0. The molecule has 80 heavy (non-hydrogen) atoms. The van der Waals surface area contributed by atoms with Gasteiger partial charge in [0.1, 0.15) is 0 Å². The molecule has 21 rings (SSSR count). The molecule has 0 amide bonds. The van der Waals surface area contributed by atoms with Crippen molar-refractivity contribution in [1.29, 1.82) is 0 Å². The average molecular weight is 1020 g/mol. The van der Waals surface area contributed by atoms with Crippen molar-refractivity contribution in [2.24, 2.45) is 5.92 Å². The number of rotatable bonds is 2. The predicted octanol–water partition coefficient (Wildman–Crippen LogP) is 15.2. The van der Waals surface area contributed by atoms with Crippen LogP contribution in [0, 0.1) is 5.92 Å². The fourth-order valence-electron chi connectivity index (χ4n) is 19.0. The van der Waals surface area contributed by atoms with Crippen molar-refractivity contribution in [3.63, 3.8) is 0 Å². The Morgan fingerprint density at radius 2 is 0.863 bits per heavy atom. The molecule has 7 unspecified atom stereocenters. The molecule has 7 aliphatic carbocycles. The smallest absolute Gasteiger partial charge is 0.187 e. The van der Waals surface area contributed by atoms with Crippen molar-refractivity contribution in [1.82, 2.24) is 0 Å².